The number of hydrogen-bond acceptors (Lipinski definition) is 4. The Balaban J connectivity index is 1.79. The molecule has 8 heteroatoms. The van der Waals surface area contributed by atoms with Crippen LogP contribution in [0.15, 0.2) is 86.6 Å². The van der Waals surface area contributed by atoms with Crippen LogP contribution in [0.25, 0.3) is 0 Å². The number of sulfonamides is 1. The molecular formula is C20H15Br2NO4S. The van der Waals surface area contributed by atoms with Gasteiger partial charge in [-0.25, -0.2) is 13.1 Å². The molecule has 0 spiro atoms. The van der Waals surface area contributed by atoms with E-state index in [0.29, 0.717) is 10.2 Å². The molecule has 0 heterocycles. The van der Waals surface area contributed by atoms with Gasteiger partial charge in [-0.2, -0.15) is 0 Å². The fraction of sp³-hybridized carbons (Fsp3) is 0.0500. The minimum absolute atomic E-state index is 0.0170. The van der Waals surface area contributed by atoms with E-state index >= 15 is 0 Å². The average molecular weight is 525 g/mol. The normalized spacial score (nSPS) is 11.1. The lowest BCUT2D eigenvalue weighted by Crippen LogP contribution is -2.31. The number of carbonyl (C=O) groups excluding carboxylic acids is 1. The molecule has 28 heavy (non-hydrogen) atoms. The lowest BCUT2D eigenvalue weighted by atomic mass is 10.2. The summed E-state index contributed by atoms with van der Waals surface area (Å²) < 4.78 is 34.3. The first-order valence-corrected chi connectivity index (χ1v) is 11.2. The second kappa shape index (κ2) is 8.89. The van der Waals surface area contributed by atoms with Gasteiger partial charge in [0.25, 0.3) is 15.9 Å². The van der Waals surface area contributed by atoms with Crippen molar-refractivity contribution in [3.05, 3.63) is 92.9 Å². The monoisotopic (exact) mass is 523 g/mol. The SMILES string of the molecule is O=C(NS(=O)(=O)c1ccccc1Br)c1ccccc1OCc1ccc(Br)cc1. The lowest BCUT2D eigenvalue weighted by Gasteiger charge is -2.13. The second-order valence-corrected chi connectivity index (χ2v) is 9.20. The molecule has 3 aromatic rings. The van der Waals surface area contributed by atoms with Gasteiger partial charge in [0.05, 0.1) is 5.56 Å². The van der Waals surface area contributed by atoms with Crippen LogP contribution in [0.4, 0.5) is 0 Å². The van der Waals surface area contributed by atoms with E-state index in [4.69, 9.17) is 4.74 Å². The van der Waals surface area contributed by atoms with Crippen LogP contribution in [0.3, 0.4) is 0 Å². The zero-order valence-corrected chi connectivity index (χ0v) is 18.4. The molecule has 3 aromatic carbocycles. The molecule has 0 fully saturated rings. The molecule has 0 atom stereocenters. The molecular weight excluding hydrogens is 510 g/mol. The fourth-order valence-corrected chi connectivity index (χ4v) is 4.65. The molecule has 5 nitrogen and oxygen atoms in total. The van der Waals surface area contributed by atoms with Crippen molar-refractivity contribution < 1.29 is 17.9 Å². The van der Waals surface area contributed by atoms with E-state index < -0.39 is 15.9 Å². The summed E-state index contributed by atoms with van der Waals surface area (Å²) in [7, 11) is -4.03. The second-order valence-electron chi connectivity index (χ2n) is 5.78. The van der Waals surface area contributed by atoms with Crippen molar-refractivity contribution in [3.8, 4) is 5.75 Å². The highest BCUT2D eigenvalue weighted by atomic mass is 79.9. The smallest absolute Gasteiger partial charge is 0.268 e. The van der Waals surface area contributed by atoms with Crippen LogP contribution in [-0.2, 0) is 16.6 Å². The maximum atomic E-state index is 12.6. The zero-order chi connectivity index (χ0) is 20.1. The first-order valence-electron chi connectivity index (χ1n) is 8.15. The molecule has 0 aromatic heterocycles. The highest BCUT2D eigenvalue weighted by Gasteiger charge is 2.22. The Morgan fingerprint density at radius 1 is 0.893 bits per heavy atom. The van der Waals surface area contributed by atoms with Gasteiger partial charge in [0, 0.05) is 8.95 Å². The summed E-state index contributed by atoms with van der Waals surface area (Å²) in [5.41, 5.74) is 1.05. The van der Waals surface area contributed by atoms with E-state index in [1.807, 2.05) is 24.3 Å². The Hall–Kier alpha value is -2.16. The van der Waals surface area contributed by atoms with Crippen LogP contribution >= 0.6 is 31.9 Å². The fourth-order valence-electron chi connectivity index (χ4n) is 2.42. The number of benzene rings is 3. The van der Waals surface area contributed by atoms with Crippen LogP contribution in [0, 0.1) is 0 Å². The van der Waals surface area contributed by atoms with Crippen LogP contribution in [-0.4, -0.2) is 14.3 Å². The number of ether oxygens (including phenoxy) is 1. The molecule has 0 saturated heterocycles. The summed E-state index contributed by atoms with van der Waals surface area (Å²) >= 11 is 6.56. The molecule has 0 saturated carbocycles. The first kappa shape index (κ1) is 20.6. The van der Waals surface area contributed by atoms with Crippen LogP contribution in [0.5, 0.6) is 5.75 Å². The topological polar surface area (TPSA) is 72.5 Å². The lowest BCUT2D eigenvalue weighted by molar-refractivity contribution is 0.0977. The van der Waals surface area contributed by atoms with Crippen LogP contribution in [0.1, 0.15) is 15.9 Å². The largest absolute Gasteiger partial charge is 0.488 e. The van der Waals surface area contributed by atoms with E-state index in [1.165, 1.54) is 12.1 Å². The Morgan fingerprint density at radius 3 is 2.25 bits per heavy atom. The average Bonchev–Trinajstić information content (AvgIpc) is 2.67. The molecule has 0 radical (unpaired) electrons. The van der Waals surface area contributed by atoms with Crippen LogP contribution in [0.2, 0.25) is 0 Å². The maximum absolute atomic E-state index is 12.6. The first-order chi connectivity index (χ1) is 13.4. The van der Waals surface area contributed by atoms with E-state index in [2.05, 4.69) is 36.6 Å². The van der Waals surface area contributed by atoms with Gasteiger partial charge in [-0.05, 0) is 57.9 Å². The van der Waals surface area contributed by atoms with Crippen molar-refractivity contribution in [2.75, 3.05) is 0 Å². The molecule has 1 amide bonds. The molecule has 0 aliphatic carbocycles. The van der Waals surface area contributed by atoms with Crippen molar-refractivity contribution in [2.24, 2.45) is 0 Å². The number of para-hydroxylation sites is 1. The van der Waals surface area contributed by atoms with Gasteiger partial charge in [0.1, 0.15) is 17.3 Å². The Bertz CT molecular complexity index is 1100. The van der Waals surface area contributed by atoms with E-state index in [-0.39, 0.29) is 17.1 Å². The summed E-state index contributed by atoms with van der Waals surface area (Å²) in [5.74, 6) is -0.465. The quantitative estimate of drug-likeness (QED) is 0.497. The summed E-state index contributed by atoms with van der Waals surface area (Å²) in [4.78, 5) is 12.6. The standard InChI is InChI=1S/C20H15Br2NO4S/c21-15-11-9-14(10-12-15)13-27-18-7-3-1-5-16(18)20(24)23-28(25,26)19-8-4-2-6-17(19)22/h1-12H,13H2,(H,23,24). The highest BCUT2D eigenvalue weighted by Crippen LogP contribution is 2.23. The Labute approximate surface area is 180 Å². The number of amides is 1. The number of hydrogen-bond donors (Lipinski definition) is 1. The molecule has 0 aliphatic rings. The van der Waals surface area contributed by atoms with E-state index in [9.17, 15) is 13.2 Å². The van der Waals surface area contributed by atoms with Gasteiger partial charge in [-0.3, -0.25) is 4.79 Å². The van der Waals surface area contributed by atoms with Gasteiger partial charge in [0.15, 0.2) is 0 Å². The minimum atomic E-state index is -4.03. The number of halogens is 2. The van der Waals surface area contributed by atoms with Gasteiger partial charge < -0.3 is 4.74 Å². The van der Waals surface area contributed by atoms with Crippen molar-refractivity contribution in [1.82, 2.24) is 4.72 Å². The van der Waals surface area contributed by atoms with Crippen molar-refractivity contribution in [2.45, 2.75) is 11.5 Å². The number of carbonyl (C=O) groups is 1. The molecule has 3 rings (SSSR count). The minimum Gasteiger partial charge on any atom is -0.488 e. The van der Waals surface area contributed by atoms with Gasteiger partial charge in [0.2, 0.25) is 0 Å². The number of rotatable bonds is 6. The summed E-state index contributed by atoms with van der Waals surface area (Å²) in [6.45, 7) is 0.245. The van der Waals surface area contributed by atoms with Crippen LogP contribution < -0.4 is 9.46 Å². The maximum Gasteiger partial charge on any atom is 0.268 e. The Morgan fingerprint density at radius 2 is 1.54 bits per heavy atom. The summed E-state index contributed by atoms with van der Waals surface area (Å²) in [5, 5.41) is 0. The third kappa shape index (κ3) is 5.01. The van der Waals surface area contributed by atoms with Crippen molar-refractivity contribution >= 4 is 47.8 Å². The third-order valence-corrected chi connectivity index (χ3v) is 6.66. The van der Waals surface area contributed by atoms with Gasteiger partial charge in [-0.1, -0.05) is 52.3 Å². The van der Waals surface area contributed by atoms with Crippen molar-refractivity contribution in [1.29, 1.82) is 0 Å². The molecule has 0 bridgehead atoms. The summed E-state index contributed by atoms with van der Waals surface area (Å²) in [6.07, 6.45) is 0. The predicted molar refractivity (Wildman–Crippen MR) is 114 cm³/mol. The van der Waals surface area contributed by atoms with E-state index in [0.717, 1.165) is 10.0 Å². The predicted octanol–water partition coefficient (Wildman–Crippen LogP) is 4.91. The van der Waals surface area contributed by atoms with Gasteiger partial charge >= 0.3 is 0 Å². The molecule has 0 unspecified atom stereocenters. The third-order valence-electron chi connectivity index (χ3n) is 3.79. The van der Waals surface area contributed by atoms with E-state index in [1.54, 1.807) is 36.4 Å². The molecule has 0 aliphatic heterocycles. The highest BCUT2D eigenvalue weighted by molar-refractivity contribution is 9.10. The zero-order valence-electron chi connectivity index (χ0n) is 14.4. The molecule has 144 valence electrons. The summed E-state index contributed by atoms with van der Waals surface area (Å²) in [6, 6.07) is 20.3. The Kier molecular flexibility index (Phi) is 6.53. The van der Waals surface area contributed by atoms with Crippen molar-refractivity contribution in [3.63, 3.8) is 0 Å². The number of nitrogens with one attached hydrogen (secondary N) is 1. The molecule has 1 N–H and O–H groups in total. The van der Waals surface area contributed by atoms with Gasteiger partial charge in [-0.15, -0.1) is 0 Å².